The van der Waals surface area contributed by atoms with Crippen LogP contribution in [0.15, 0.2) is 48.5 Å². The summed E-state index contributed by atoms with van der Waals surface area (Å²) < 4.78 is 11.7. The molecular weight excluding hydrogens is 398 g/mol. The monoisotopic (exact) mass is 431 g/mol. The van der Waals surface area contributed by atoms with Gasteiger partial charge in [0, 0.05) is 16.8 Å². The molecule has 0 spiro atoms. The number of benzene rings is 3. The average molecular weight is 432 g/mol. The second-order valence-corrected chi connectivity index (χ2v) is 8.13. The molecule has 0 aliphatic heterocycles. The Labute approximate surface area is 191 Å². The van der Waals surface area contributed by atoms with Crippen LogP contribution in [0, 0.1) is 20.8 Å². The number of amides is 1. The topological polar surface area (TPSA) is 47.6 Å². The number of carbonyl (C=O) groups is 1. The van der Waals surface area contributed by atoms with E-state index in [1.165, 1.54) is 5.56 Å². The summed E-state index contributed by atoms with van der Waals surface area (Å²) in [4.78, 5) is 13.1. The Morgan fingerprint density at radius 2 is 1.56 bits per heavy atom. The quantitative estimate of drug-likeness (QED) is 0.438. The number of para-hydroxylation sites is 1. The molecule has 4 nitrogen and oxygen atoms in total. The summed E-state index contributed by atoms with van der Waals surface area (Å²) in [7, 11) is 1.63. The summed E-state index contributed by atoms with van der Waals surface area (Å²) in [5, 5.41) is 3.14. The van der Waals surface area contributed by atoms with Gasteiger partial charge in [-0.05, 0) is 85.7 Å². The minimum Gasteiger partial charge on any atom is -0.496 e. The molecule has 0 aliphatic carbocycles. The number of hydrogen-bond donors (Lipinski definition) is 1. The number of carbonyl (C=O) groups excluding carboxylic acids is 1. The maximum Gasteiger partial charge on any atom is 0.255 e. The highest BCUT2D eigenvalue weighted by Gasteiger charge is 2.15. The lowest BCUT2D eigenvalue weighted by atomic mass is 10.0. The summed E-state index contributed by atoms with van der Waals surface area (Å²) in [6.07, 6.45) is 1.72. The van der Waals surface area contributed by atoms with Crippen LogP contribution in [-0.4, -0.2) is 13.0 Å². The van der Waals surface area contributed by atoms with Crippen LogP contribution >= 0.6 is 0 Å². The largest absolute Gasteiger partial charge is 0.496 e. The number of rotatable bonds is 8. The molecule has 0 radical (unpaired) electrons. The molecule has 4 heteroatoms. The Hall–Kier alpha value is -3.27. The standard InChI is InChI=1S/C28H33NO3/c1-7-21-10-9-11-22(8-2)27(21)29-28(30)23-12-13-25(31-6)24(16-23)17-32-26-15-18(3)14-19(4)20(26)5/h9-16H,7-8,17H2,1-6H3,(H,29,30). The van der Waals surface area contributed by atoms with Gasteiger partial charge in [-0.15, -0.1) is 0 Å². The van der Waals surface area contributed by atoms with Gasteiger partial charge in [0.25, 0.3) is 5.91 Å². The van der Waals surface area contributed by atoms with Crippen molar-refractivity contribution in [1.82, 2.24) is 0 Å². The molecule has 168 valence electrons. The lowest BCUT2D eigenvalue weighted by Gasteiger charge is -2.16. The molecule has 0 saturated carbocycles. The van der Waals surface area contributed by atoms with Gasteiger partial charge in [-0.3, -0.25) is 4.79 Å². The van der Waals surface area contributed by atoms with E-state index in [1.54, 1.807) is 13.2 Å². The van der Waals surface area contributed by atoms with Crippen molar-refractivity contribution in [3.8, 4) is 11.5 Å². The third kappa shape index (κ3) is 5.13. The maximum atomic E-state index is 13.1. The van der Waals surface area contributed by atoms with Gasteiger partial charge in [0.15, 0.2) is 0 Å². The molecule has 3 aromatic rings. The van der Waals surface area contributed by atoms with Gasteiger partial charge >= 0.3 is 0 Å². The van der Waals surface area contributed by atoms with Crippen LogP contribution in [0.4, 0.5) is 5.69 Å². The van der Waals surface area contributed by atoms with Gasteiger partial charge in [-0.25, -0.2) is 0 Å². The highest BCUT2D eigenvalue weighted by atomic mass is 16.5. The van der Waals surface area contributed by atoms with Crippen molar-refractivity contribution in [3.63, 3.8) is 0 Å². The van der Waals surface area contributed by atoms with Gasteiger partial charge in [0.1, 0.15) is 18.1 Å². The molecule has 0 unspecified atom stereocenters. The molecule has 0 bridgehead atoms. The number of ether oxygens (including phenoxy) is 2. The third-order valence-corrected chi connectivity index (χ3v) is 5.93. The first-order valence-corrected chi connectivity index (χ1v) is 11.2. The normalized spacial score (nSPS) is 10.7. The number of methoxy groups -OCH3 is 1. The van der Waals surface area contributed by atoms with Gasteiger partial charge in [-0.2, -0.15) is 0 Å². The highest BCUT2D eigenvalue weighted by Crippen LogP contribution is 2.28. The van der Waals surface area contributed by atoms with E-state index in [9.17, 15) is 4.79 Å². The predicted molar refractivity (Wildman–Crippen MR) is 131 cm³/mol. The van der Waals surface area contributed by atoms with Crippen LogP contribution in [0.25, 0.3) is 0 Å². The molecule has 0 atom stereocenters. The summed E-state index contributed by atoms with van der Waals surface area (Å²) in [6.45, 7) is 10.7. The van der Waals surface area contributed by atoms with Crippen LogP contribution < -0.4 is 14.8 Å². The van der Waals surface area contributed by atoms with Gasteiger partial charge in [0.05, 0.1) is 7.11 Å². The van der Waals surface area contributed by atoms with E-state index in [1.807, 2.05) is 24.3 Å². The third-order valence-electron chi connectivity index (χ3n) is 5.93. The fraction of sp³-hybridized carbons (Fsp3) is 0.321. The molecular formula is C28H33NO3. The molecule has 3 aromatic carbocycles. The van der Waals surface area contributed by atoms with Crippen molar-refractivity contribution >= 4 is 11.6 Å². The van der Waals surface area contributed by atoms with Crippen LogP contribution in [0.1, 0.15) is 57.6 Å². The number of hydrogen-bond acceptors (Lipinski definition) is 3. The molecule has 0 aliphatic rings. The van der Waals surface area contributed by atoms with E-state index in [2.05, 4.69) is 58.1 Å². The molecule has 0 fully saturated rings. The summed E-state index contributed by atoms with van der Waals surface area (Å²) in [5.41, 5.74) is 8.08. The van der Waals surface area contributed by atoms with Crippen molar-refractivity contribution in [1.29, 1.82) is 0 Å². The van der Waals surface area contributed by atoms with E-state index in [4.69, 9.17) is 9.47 Å². The second kappa shape index (κ2) is 10.4. The number of aryl methyl sites for hydroxylation is 4. The zero-order valence-electron chi connectivity index (χ0n) is 20.0. The van der Waals surface area contributed by atoms with E-state index in [0.717, 1.165) is 52.1 Å². The van der Waals surface area contributed by atoms with E-state index >= 15 is 0 Å². The van der Waals surface area contributed by atoms with E-state index in [-0.39, 0.29) is 5.91 Å². The Balaban J connectivity index is 1.86. The Bertz CT molecular complexity index is 1100. The van der Waals surface area contributed by atoms with Crippen LogP contribution in [0.2, 0.25) is 0 Å². The maximum absolute atomic E-state index is 13.1. The zero-order valence-corrected chi connectivity index (χ0v) is 20.0. The Kier molecular flexibility index (Phi) is 7.57. The lowest BCUT2D eigenvalue weighted by molar-refractivity contribution is 0.102. The fourth-order valence-electron chi connectivity index (χ4n) is 3.93. The van der Waals surface area contributed by atoms with Crippen molar-refractivity contribution < 1.29 is 14.3 Å². The van der Waals surface area contributed by atoms with Gasteiger partial charge < -0.3 is 14.8 Å². The van der Waals surface area contributed by atoms with Crippen LogP contribution in [0.5, 0.6) is 11.5 Å². The molecule has 0 heterocycles. The number of nitrogens with one attached hydrogen (secondary N) is 1. The minimum absolute atomic E-state index is 0.132. The second-order valence-electron chi connectivity index (χ2n) is 8.13. The van der Waals surface area contributed by atoms with Crippen molar-refractivity contribution in [2.75, 3.05) is 12.4 Å². The van der Waals surface area contributed by atoms with Gasteiger partial charge in [-0.1, -0.05) is 38.1 Å². The zero-order chi connectivity index (χ0) is 23.3. The fourth-order valence-corrected chi connectivity index (χ4v) is 3.93. The summed E-state index contributed by atoms with van der Waals surface area (Å²) in [5.74, 6) is 1.42. The van der Waals surface area contributed by atoms with Gasteiger partial charge in [0.2, 0.25) is 0 Å². The molecule has 1 N–H and O–H groups in total. The van der Waals surface area contributed by atoms with Crippen molar-refractivity contribution in [2.45, 2.75) is 54.1 Å². The summed E-state index contributed by atoms with van der Waals surface area (Å²) >= 11 is 0. The molecule has 1 amide bonds. The van der Waals surface area contributed by atoms with Crippen LogP contribution in [-0.2, 0) is 19.4 Å². The Morgan fingerprint density at radius 3 is 2.19 bits per heavy atom. The molecule has 3 rings (SSSR count). The van der Waals surface area contributed by atoms with Crippen molar-refractivity contribution in [2.24, 2.45) is 0 Å². The lowest BCUT2D eigenvalue weighted by Crippen LogP contribution is -2.15. The first-order chi connectivity index (χ1) is 15.4. The average Bonchev–Trinajstić information content (AvgIpc) is 2.80. The number of anilines is 1. The first-order valence-electron chi connectivity index (χ1n) is 11.2. The molecule has 0 saturated heterocycles. The highest BCUT2D eigenvalue weighted by molar-refractivity contribution is 6.05. The van der Waals surface area contributed by atoms with Crippen molar-refractivity contribution in [3.05, 3.63) is 87.5 Å². The minimum atomic E-state index is -0.132. The van der Waals surface area contributed by atoms with E-state index in [0.29, 0.717) is 17.9 Å². The SMILES string of the molecule is CCc1cccc(CC)c1NC(=O)c1ccc(OC)c(COc2cc(C)cc(C)c2C)c1. The molecule has 0 aromatic heterocycles. The molecule has 32 heavy (non-hydrogen) atoms. The smallest absolute Gasteiger partial charge is 0.255 e. The summed E-state index contributed by atoms with van der Waals surface area (Å²) in [6, 6.07) is 15.8. The van der Waals surface area contributed by atoms with E-state index < -0.39 is 0 Å². The Morgan fingerprint density at radius 1 is 0.875 bits per heavy atom. The first kappa shape index (κ1) is 23.4. The predicted octanol–water partition coefficient (Wildman–Crippen LogP) is 6.58. The van der Waals surface area contributed by atoms with Crippen LogP contribution in [0.3, 0.4) is 0 Å².